The van der Waals surface area contributed by atoms with Crippen molar-refractivity contribution in [2.24, 2.45) is 5.92 Å². The van der Waals surface area contributed by atoms with Gasteiger partial charge in [0, 0.05) is 18.1 Å². The van der Waals surface area contributed by atoms with Gasteiger partial charge in [0.25, 0.3) is 0 Å². The van der Waals surface area contributed by atoms with Crippen molar-refractivity contribution in [3.8, 4) is 28.8 Å². The fourth-order valence-corrected chi connectivity index (χ4v) is 3.58. The van der Waals surface area contributed by atoms with Crippen LogP contribution in [0.1, 0.15) is 39.5 Å². The highest BCUT2D eigenvalue weighted by atomic mass is 16.5. The molecule has 32 heavy (non-hydrogen) atoms. The van der Waals surface area contributed by atoms with E-state index < -0.39 is 0 Å². The van der Waals surface area contributed by atoms with E-state index in [9.17, 15) is 4.79 Å². The van der Waals surface area contributed by atoms with Crippen molar-refractivity contribution in [3.05, 3.63) is 30.3 Å². The average molecular weight is 442 g/mol. The smallest absolute Gasteiger partial charge is 0.231 e. The second kappa shape index (κ2) is 11.3. The number of carbonyl (C=O) groups excluding carboxylic acids is 1. The summed E-state index contributed by atoms with van der Waals surface area (Å²) in [7, 11) is 3.19. The summed E-state index contributed by atoms with van der Waals surface area (Å²) in [6.07, 6.45) is 3.81. The Morgan fingerprint density at radius 2 is 1.84 bits per heavy atom. The minimum atomic E-state index is 0.0681. The van der Waals surface area contributed by atoms with Crippen LogP contribution in [0.15, 0.2) is 30.3 Å². The lowest BCUT2D eigenvalue weighted by Crippen LogP contribution is -2.33. The van der Waals surface area contributed by atoms with E-state index in [0.717, 1.165) is 31.2 Å². The number of methoxy groups -OCH3 is 2. The SMILES string of the molecule is CCCC(CCC)C(=O)NCCOc1ccc2nnc(-c3ccc(OC)cc3OC)n2n1. The Labute approximate surface area is 188 Å². The van der Waals surface area contributed by atoms with Crippen molar-refractivity contribution in [1.82, 2.24) is 25.1 Å². The minimum absolute atomic E-state index is 0.0681. The van der Waals surface area contributed by atoms with Crippen molar-refractivity contribution < 1.29 is 19.0 Å². The standard InChI is InChI=1S/C23H31N5O4/c1-5-7-16(8-6-2)23(29)24-13-14-32-21-12-11-20-25-26-22(28(20)27-21)18-10-9-17(30-3)15-19(18)31-4/h9-12,15-16H,5-8,13-14H2,1-4H3,(H,24,29). The largest absolute Gasteiger partial charge is 0.497 e. The number of benzene rings is 1. The quantitative estimate of drug-likeness (QED) is 0.429. The van der Waals surface area contributed by atoms with Crippen LogP contribution in [-0.2, 0) is 4.79 Å². The Kier molecular flexibility index (Phi) is 8.24. The van der Waals surface area contributed by atoms with Crippen LogP contribution in [0.5, 0.6) is 17.4 Å². The molecule has 0 fully saturated rings. The third-order valence-electron chi connectivity index (χ3n) is 5.18. The van der Waals surface area contributed by atoms with E-state index in [4.69, 9.17) is 14.2 Å². The number of nitrogens with zero attached hydrogens (tertiary/aromatic N) is 4. The second-order valence-electron chi connectivity index (χ2n) is 7.45. The van der Waals surface area contributed by atoms with Crippen molar-refractivity contribution in [3.63, 3.8) is 0 Å². The summed E-state index contributed by atoms with van der Waals surface area (Å²) in [4.78, 5) is 12.4. The number of hydrogen-bond acceptors (Lipinski definition) is 7. The first kappa shape index (κ1) is 23.3. The van der Waals surface area contributed by atoms with Gasteiger partial charge in [-0.15, -0.1) is 15.3 Å². The van der Waals surface area contributed by atoms with Gasteiger partial charge in [-0.05, 0) is 31.0 Å². The maximum absolute atomic E-state index is 12.4. The van der Waals surface area contributed by atoms with Gasteiger partial charge in [0.05, 0.1) is 26.3 Å². The fraction of sp³-hybridized carbons (Fsp3) is 0.478. The Bertz CT molecular complexity index is 1030. The molecule has 0 aliphatic carbocycles. The van der Waals surface area contributed by atoms with E-state index in [2.05, 4.69) is 34.5 Å². The lowest BCUT2D eigenvalue weighted by atomic mass is 9.97. The average Bonchev–Trinajstić information content (AvgIpc) is 3.24. The van der Waals surface area contributed by atoms with Crippen LogP contribution < -0.4 is 19.5 Å². The van der Waals surface area contributed by atoms with Gasteiger partial charge >= 0.3 is 0 Å². The first-order valence-electron chi connectivity index (χ1n) is 11.0. The van der Waals surface area contributed by atoms with Crippen molar-refractivity contribution >= 4 is 11.6 Å². The summed E-state index contributed by atoms with van der Waals surface area (Å²) in [5, 5.41) is 15.9. The molecule has 2 aromatic heterocycles. The zero-order chi connectivity index (χ0) is 22.9. The van der Waals surface area contributed by atoms with Crippen LogP contribution in [0.2, 0.25) is 0 Å². The topological polar surface area (TPSA) is 99.9 Å². The minimum Gasteiger partial charge on any atom is -0.497 e. The van der Waals surface area contributed by atoms with E-state index in [1.54, 1.807) is 36.9 Å². The Morgan fingerprint density at radius 1 is 1.06 bits per heavy atom. The number of aromatic nitrogens is 4. The first-order valence-corrected chi connectivity index (χ1v) is 11.0. The van der Waals surface area contributed by atoms with Crippen LogP contribution in [-0.4, -0.2) is 53.1 Å². The molecule has 1 N–H and O–H groups in total. The summed E-state index contributed by atoms with van der Waals surface area (Å²) in [6, 6.07) is 8.97. The predicted octanol–water partition coefficient (Wildman–Crippen LogP) is 3.52. The molecule has 0 aliphatic heterocycles. The normalized spacial score (nSPS) is 11.0. The molecule has 3 rings (SSSR count). The molecule has 0 radical (unpaired) electrons. The Hall–Kier alpha value is -3.36. The van der Waals surface area contributed by atoms with Gasteiger partial charge in [-0.1, -0.05) is 26.7 Å². The molecule has 0 spiro atoms. The highest BCUT2D eigenvalue weighted by Gasteiger charge is 2.17. The number of nitrogens with one attached hydrogen (secondary N) is 1. The maximum Gasteiger partial charge on any atom is 0.231 e. The first-order chi connectivity index (χ1) is 15.6. The van der Waals surface area contributed by atoms with Gasteiger partial charge in [0.15, 0.2) is 11.5 Å². The maximum atomic E-state index is 12.4. The number of ether oxygens (including phenoxy) is 3. The molecule has 172 valence electrons. The van der Waals surface area contributed by atoms with Crippen LogP contribution >= 0.6 is 0 Å². The van der Waals surface area contributed by atoms with Gasteiger partial charge in [-0.25, -0.2) is 0 Å². The van der Waals surface area contributed by atoms with Gasteiger partial charge < -0.3 is 19.5 Å². The molecule has 1 aromatic carbocycles. The number of fused-ring (bicyclic) bond motifs is 1. The van der Waals surface area contributed by atoms with Gasteiger partial charge in [-0.2, -0.15) is 4.52 Å². The predicted molar refractivity (Wildman–Crippen MR) is 121 cm³/mol. The highest BCUT2D eigenvalue weighted by Crippen LogP contribution is 2.32. The third kappa shape index (κ3) is 5.46. The zero-order valence-corrected chi connectivity index (χ0v) is 19.1. The molecule has 1 amide bonds. The molecule has 0 atom stereocenters. The van der Waals surface area contributed by atoms with Crippen LogP contribution in [0.25, 0.3) is 17.0 Å². The molecule has 2 heterocycles. The molecule has 0 bridgehead atoms. The lowest BCUT2D eigenvalue weighted by molar-refractivity contribution is -0.125. The van der Waals surface area contributed by atoms with E-state index in [1.807, 2.05) is 12.1 Å². The Balaban J connectivity index is 1.68. The van der Waals surface area contributed by atoms with Crippen molar-refractivity contribution in [2.75, 3.05) is 27.4 Å². The molecule has 9 nitrogen and oxygen atoms in total. The van der Waals surface area contributed by atoms with Crippen LogP contribution in [0.4, 0.5) is 0 Å². The number of rotatable bonds is 12. The number of amides is 1. The number of hydrogen-bond donors (Lipinski definition) is 1. The molecule has 0 saturated heterocycles. The molecular weight excluding hydrogens is 410 g/mol. The van der Waals surface area contributed by atoms with Crippen molar-refractivity contribution in [1.29, 1.82) is 0 Å². The van der Waals surface area contributed by atoms with Crippen LogP contribution in [0, 0.1) is 5.92 Å². The molecular formula is C23H31N5O4. The highest BCUT2D eigenvalue weighted by molar-refractivity contribution is 5.78. The molecule has 3 aromatic rings. The summed E-state index contributed by atoms with van der Waals surface area (Å²) >= 11 is 0. The third-order valence-corrected chi connectivity index (χ3v) is 5.18. The molecule has 9 heteroatoms. The fourth-order valence-electron chi connectivity index (χ4n) is 3.58. The van der Waals surface area contributed by atoms with E-state index in [-0.39, 0.29) is 11.8 Å². The monoisotopic (exact) mass is 441 g/mol. The molecule has 0 saturated carbocycles. The number of carbonyl (C=O) groups is 1. The lowest BCUT2D eigenvalue weighted by Gasteiger charge is -2.15. The van der Waals surface area contributed by atoms with Gasteiger partial charge in [0.1, 0.15) is 18.1 Å². The van der Waals surface area contributed by atoms with E-state index in [0.29, 0.717) is 42.0 Å². The summed E-state index contributed by atoms with van der Waals surface area (Å²) in [5.74, 6) is 2.38. The van der Waals surface area contributed by atoms with Crippen LogP contribution in [0.3, 0.4) is 0 Å². The summed E-state index contributed by atoms with van der Waals surface area (Å²) in [6.45, 7) is 4.94. The zero-order valence-electron chi connectivity index (χ0n) is 19.1. The van der Waals surface area contributed by atoms with Gasteiger partial charge in [-0.3, -0.25) is 4.79 Å². The Morgan fingerprint density at radius 3 is 2.53 bits per heavy atom. The van der Waals surface area contributed by atoms with Crippen molar-refractivity contribution in [2.45, 2.75) is 39.5 Å². The second-order valence-corrected chi connectivity index (χ2v) is 7.45. The van der Waals surface area contributed by atoms with E-state index >= 15 is 0 Å². The van der Waals surface area contributed by atoms with E-state index in [1.165, 1.54) is 0 Å². The molecule has 0 aliphatic rings. The van der Waals surface area contributed by atoms with Gasteiger partial charge in [0.2, 0.25) is 11.8 Å². The summed E-state index contributed by atoms with van der Waals surface area (Å²) < 4.78 is 18.1. The molecule has 0 unspecified atom stereocenters. The summed E-state index contributed by atoms with van der Waals surface area (Å²) in [5.41, 5.74) is 1.32.